The summed E-state index contributed by atoms with van der Waals surface area (Å²) in [5, 5.41) is 0. The molecule has 0 aromatic rings. The normalized spacial score (nSPS) is 8.40. The molecule has 0 aliphatic heterocycles. The molecule has 8 radical (unpaired) electrons. The third-order valence-electron chi connectivity index (χ3n) is 0.172. The van der Waals surface area contributed by atoms with Gasteiger partial charge in [-0.2, -0.15) is 0 Å². The SMILES string of the molecule is [As][B-][PH2+][B-][As]. The van der Waals surface area contributed by atoms with Crippen molar-refractivity contribution in [1.82, 2.24) is 0 Å². The fourth-order valence-corrected chi connectivity index (χ4v) is 3.12. The average molecular weight is 204 g/mol. The van der Waals surface area contributed by atoms with Gasteiger partial charge in [0.1, 0.15) is 0 Å². The number of hydrogen-bond acceptors (Lipinski definition) is 0. The van der Waals surface area contributed by atoms with E-state index in [0.29, 0.717) is 8.34 Å². The molecule has 0 amide bonds. The van der Waals surface area contributed by atoms with Crippen LogP contribution in [0, 0.1) is 0 Å². The number of hydrogen-bond donors (Lipinski definition) is 0. The van der Waals surface area contributed by atoms with Gasteiger partial charge in [0, 0.05) is 0 Å². The first-order valence-electron chi connectivity index (χ1n) is 1.18. The molecular formula is H2As2B2P-. The summed E-state index contributed by atoms with van der Waals surface area (Å²) in [7, 11) is 0.509. The molecule has 0 saturated heterocycles. The van der Waals surface area contributed by atoms with Crippen molar-refractivity contribution in [3.05, 3.63) is 0 Å². The average Bonchev–Trinajstić information content (AvgIpc) is 1.41. The molecule has 0 bridgehead atoms. The van der Waals surface area contributed by atoms with Crippen molar-refractivity contribution in [3.63, 3.8) is 0 Å². The van der Waals surface area contributed by atoms with Crippen LogP contribution in [-0.4, -0.2) is 44.7 Å². The second-order valence-corrected chi connectivity index (χ2v) is 5.22. The van der Waals surface area contributed by atoms with Gasteiger partial charge in [-0.3, -0.25) is 0 Å². The zero-order valence-corrected chi connectivity index (χ0v) is 7.53. The molecule has 0 heterocycles. The van der Waals surface area contributed by atoms with Gasteiger partial charge in [-0.25, -0.2) is 0 Å². The Bertz CT molecular complexity index is 15.1. The molecular weight excluding hydrogens is 202 g/mol. The van der Waals surface area contributed by atoms with Crippen molar-refractivity contribution in [2.45, 2.75) is 0 Å². The van der Waals surface area contributed by atoms with Gasteiger partial charge in [-0.1, -0.05) is 0 Å². The Hall–Kier alpha value is 1.68. The Labute approximate surface area is 53.1 Å². The molecule has 5 heavy (non-hydrogen) atoms. The molecule has 5 heteroatoms. The van der Waals surface area contributed by atoms with E-state index in [0.717, 1.165) is 0 Å². The van der Waals surface area contributed by atoms with Gasteiger partial charge in [-0.05, 0) is 0 Å². The fraction of sp³-hybridized carbons (Fsp3) is 0. The molecule has 0 spiro atoms. The van der Waals surface area contributed by atoms with E-state index in [9.17, 15) is 0 Å². The minimum absolute atomic E-state index is 0.509. The van der Waals surface area contributed by atoms with Crippen molar-refractivity contribution in [2.24, 2.45) is 0 Å². The summed E-state index contributed by atoms with van der Waals surface area (Å²) in [5.41, 5.74) is 4.26. The summed E-state index contributed by atoms with van der Waals surface area (Å²) in [6.45, 7) is 0. The van der Waals surface area contributed by atoms with Crippen molar-refractivity contribution < 1.29 is 0 Å². The first kappa shape index (κ1) is 6.68. The molecule has 0 aliphatic rings. The molecule has 24 valence electrons. The van der Waals surface area contributed by atoms with Crippen LogP contribution in [0.2, 0.25) is 0 Å². The van der Waals surface area contributed by atoms with Crippen LogP contribution < -0.4 is 0 Å². The van der Waals surface area contributed by atoms with Gasteiger partial charge in [0.15, 0.2) is 0 Å². The van der Waals surface area contributed by atoms with Crippen LogP contribution in [0.3, 0.4) is 0 Å². The van der Waals surface area contributed by atoms with Crippen LogP contribution >= 0.6 is 8.34 Å². The Balaban J connectivity index is 2.19. The van der Waals surface area contributed by atoms with Crippen molar-refractivity contribution in [3.8, 4) is 0 Å². The molecule has 0 saturated carbocycles. The van der Waals surface area contributed by atoms with E-state index in [4.69, 9.17) is 0 Å². The number of rotatable bonds is 2. The zero-order chi connectivity index (χ0) is 4.12. The first-order chi connectivity index (χ1) is 2.41. The van der Waals surface area contributed by atoms with Crippen molar-refractivity contribution >= 4 is 53.1 Å². The van der Waals surface area contributed by atoms with E-state index in [2.05, 4.69) is 44.7 Å². The van der Waals surface area contributed by atoms with E-state index in [1.807, 2.05) is 0 Å². The van der Waals surface area contributed by atoms with Gasteiger partial charge >= 0.3 is 53.1 Å². The van der Waals surface area contributed by atoms with Gasteiger partial charge < -0.3 is 0 Å². The van der Waals surface area contributed by atoms with E-state index >= 15 is 0 Å². The van der Waals surface area contributed by atoms with Gasteiger partial charge in [0.2, 0.25) is 0 Å². The summed E-state index contributed by atoms with van der Waals surface area (Å²) in [6.07, 6.45) is 0. The van der Waals surface area contributed by atoms with Crippen LogP contribution in [0.5, 0.6) is 0 Å². The van der Waals surface area contributed by atoms with Gasteiger partial charge in [0.25, 0.3) is 0 Å². The molecule has 0 aromatic carbocycles. The maximum absolute atomic E-state index is 2.45. The monoisotopic (exact) mass is 205 g/mol. The van der Waals surface area contributed by atoms with Crippen LogP contribution in [-0.2, 0) is 0 Å². The van der Waals surface area contributed by atoms with E-state index in [1.54, 1.807) is 0 Å². The maximum atomic E-state index is 2.45. The van der Waals surface area contributed by atoms with Gasteiger partial charge in [0.05, 0.1) is 0 Å². The molecule has 0 aromatic heterocycles. The molecule has 0 aliphatic carbocycles. The first-order valence-corrected chi connectivity index (χ1v) is 4.68. The van der Waals surface area contributed by atoms with Crippen molar-refractivity contribution in [2.75, 3.05) is 0 Å². The molecule has 0 rings (SSSR count). The molecule has 0 N–H and O–H groups in total. The predicted molar refractivity (Wildman–Crippen MR) is 32.7 cm³/mol. The predicted octanol–water partition coefficient (Wildman–Crippen LogP) is -1.20. The van der Waals surface area contributed by atoms with Crippen LogP contribution in [0.4, 0.5) is 0 Å². The molecule has 0 fully saturated rings. The standard InChI is InChI=1S/As2B2H2P/c1-3-5-4-2/h5H2/q-1. The fourth-order valence-electron chi connectivity index (χ4n) is 0.0385. The Kier molecular flexibility index (Phi) is 7.58. The van der Waals surface area contributed by atoms with Crippen LogP contribution in [0.1, 0.15) is 0 Å². The quantitative estimate of drug-likeness (QED) is 0.392. The molecule has 0 nitrogen and oxygen atoms in total. The topological polar surface area (TPSA) is 0 Å². The summed E-state index contributed by atoms with van der Waals surface area (Å²) in [6, 6.07) is 0. The minimum atomic E-state index is 0.509. The second-order valence-electron chi connectivity index (χ2n) is 0.491. The Morgan fingerprint density at radius 1 is 1.20 bits per heavy atom. The third-order valence-corrected chi connectivity index (χ3v) is 2.68. The van der Waals surface area contributed by atoms with Gasteiger partial charge in [-0.15, -0.1) is 0 Å². The zero-order valence-electron chi connectivity index (χ0n) is 2.63. The summed E-state index contributed by atoms with van der Waals surface area (Å²) in [4.78, 5) is 0. The Morgan fingerprint density at radius 3 is 1.60 bits per heavy atom. The van der Waals surface area contributed by atoms with E-state index < -0.39 is 0 Å². The third kappa shape index (κ3) is 5.68. The Morgan fingerprint density at radius 2 is 1.60 bits per heavy atom. The van der Waals surface area contributed by atoms with Crippen LogP contribution in [0.15, 0.2) is 0 Å². The molecule has 0 unspecified atom stereocenters. The second kappa shape index (κ2) is 5.68. The molecule has 0 atom stereocenters. The van der Waals surface area contributed by atoms with Crippen molar-refractivity contribution in [1.29, 1.82) is 0 Å². The summed E-state index contributed by atoms with van der Waals surface area (Å²) >= 11 is 4.90. The summed E-state index contributed by atoms with van der Waals surface area (Å²) in [5.74, 6) is 0. The van der Waals surface area contributed by atoms with E-state index in [1.165, 1.54) is 0 Å². The summed E-state index contributed by atoms with van der Waals surface area (Å²) < 4.78 is 0. The van der Waals surface area contributed by atoms with Crippen LogP contribution in [0.25, 0.3) is 0 Å². The van der Waals surface area contributed by atoms with E-state index in [-0.39, 0.29) is 0 Å².